The van der Waals surface area contributed by atoms with Crippen LogP contribution in [0.3, 0.4) is 0 Å². The van der Waals surface area contributed by atoms with Crippen molar-refractivity contribution in [1.82, 2.24) is 5.32 Å². The molecular weight excluding hydrogens is 393 g/mol. The van der Waals surface area contributed by atoms with E-state index in [2.05, 4.69) is 29.6 Å². The molecule has 3 aromatic carbocycles. The van der Waals surface area contributed by atoms with Crippen molar-refractivity contribution in [2.75, 3.05) is 13.7 Å². The van der Waals surface area contributed by atoms with Crippen molar-refractivity contribution in [2.24, 2.45) is 0 Å². The van der Waals surface area contributed by atoms with Crippen LogP contribution in [0.2, 0.25) is 10.0 Å². The number of benzene rings is 3. The Morgan fingerprint density at radius 2 is 1.57 bits per heavy atom. The van der Waals surface area contributed by atoms with Gasteiger partial charge in [-0.3, -0.25) is 0 Å². The van der Waals surface area contributed by atoms with Crippen molar-refractivity contribution in [2.45, 2.75) is 19.6 Å². The van der Waals surface area contributed by atoms with E-state index in [1.807, 2.05) is 30.3 Å². The summed E-state index contributed by atoms with van der Waals surface area (Å²) in [7, 11) is 1.64. The van der Waals surface area contributed by atoms with Gasteiger partial charge >= 0.3 is 0 Å². The molecule has 3 rings (SSSR count). The molecule has 0 aliphatic carbocycles. The number of ether oxygens (including phenoxy) is 2. The van der Waals surface area contributed by atoms with E-state index in [4.69, 9.17) is 32.7 Å². The maximum Gasteiger partial charge on any atom is 0.161 e. The largest absolute Gasteiger partial charge is 0.493 e. The lowest BCUT2D eigenvalue weighted by Gasteiger charge is -2.14. The molecule has 0 bridgehead atoms. The Balaban J connectivity index is 1.56. The molecule has 0 aliphatic heterocycles. The van der Waals surface area contributed by atoms with E-state index in [1.54, 1.807) is 19.2 Å². The third-order valence-corrected chi connectivity index (χ3v) is 5.13. The molecule has 0 unspecified atom stereocenters. The Bertz CT molecular complexity index is 880. The van der Waals surface area contributed by atoms with Gasteiger partial charge in [0, 0.05) is 22.2 Å². The van der Waals surface area contributed by atoms with E-state index in [1.165, 1.54) is 5.56 Å². The van der Waals surface area contributed by atoms with E-state index in [9.17, 15) is 0 Å². The molecule has 0 aliphatic rings. The van der Waals surface area contributed by atoms with Crippen LogP contribution < -0.4 is 14.8 Å². The molecule has 0 atom stereocenters. The Morgan fingerprint density at radius 3 is 2.29 bits per heavy atom. The summed E-state index contributed by atoms with van der Waals surface area (Å²) < 4.78 is 11.4. The highest BCUT2D eigenvalue weighted by atomic mass is 35.5. The minimum Gasteiger partial charge on any atom is -0.493 e. The van der Waals surface area contributed by atoms with Crippen LogP contribution in [0.15, 0.2) is 66.7 Å². The fourth-order valence-electron chi connectivity index (χ4n) is 2.87. The summed E-state index contributed by atoms with van der Waals surface area (Å²) in [5.41, 5.74) is 3.22. The molecule has 0 fully saturated rings. The molecule has 0 spiro atoms. The minimum atomic E-state index is 0.281. The second-order valence-electron chi connectivity index (χ2n) is 6.39. The number of halogens is 2. The third-order valence-electron chi connectivity index (χ3n) is 4.42. The van der Waals surface area contributed by atoms with Gasteiger partial charge in [0.2, 0.25) is 0 Å². The van der Waals surface area contributed by atoms with Crippen LogP contribution >= 0.6 is 23.2 Å². The first-order valence-corrected chi connectivity index (χ1v) is 9.90. The highest BCUT2D eigenvalue weighted by Gasteiger charge is 2.10. The molecule has 0 radical (unpaired) electrons. The summed E-state index contributed by atoms with van der Waals surface area (Å²) in [6, 6.07) is 21.8. The zero-order chi connectivity index (χ0) is 19.8. The quantitative estimate of drug-likeness (QED) is 0.440. The van der Waals surface area contributed by atoms with Gasteiger partial charge in [0.25, 0.3) is 0 Å². The Hall–Kier alpha value is -2.20. The summed E-state index contributed by atoms with van der Waals surface area (Å²) >= 11 is 12.4. The van der Waals surface area contributed by atoms with Gasteiger partial charge < -0.3 is 14.8 Å². The van der Waals surface area contributed by atoms with Crippen LogP contribution in [0.5, 0.6) is 11.5 Å². The van der Waals surface area contributed by atoms with Crippen LogP contribution in [-0.2, 0) is 19.6 Å². The van der Waals surface area contributed by atoms with Gasteiger partial charge in [-0.05, 0) is 48.4 Å². The number of rotatable bonds is 9. The van der Waals surface area contributed by atoms with Crippen LogP contribution in [0.4, 0.5) is 0 Å². The van der Waals surface area contributed by atoms with Crippen molar-refractivity contribution in [1.29, 1.82) is 0 Å². The van der Waals surface area contributed by atoms with E-state index in [-0.39, 0.29) is 6.61 Å². The van der Waals surface area contributed by atoms with Gasteiger partial charge in [0.15, 0.2) is 11.5 Å². The molecule has 0 amide bonds. The van der Waals surface area contributed by atoms with E-state index in [0.29, 0.717) is 21.5 Å². The van der Waals surface area contributed by atoms with E-state index < -0.39 is 0 Å². The predicted molar refractivity (Wildman–Crippen MR) is 116 cm³/mol. The molecule has 5 heteroatoms. The van der Waals surface area contributed by atoms with Crippen molar-refractivity contribution < 1.29 is 9.47 Å². The lowest BCUT2D eigenvalue weighted by Crippen LogP contribution is -2.16. The van der Waals surface area contributed by atoms with Crippen molar-refractivity contribution in [3.63, 3.8) is 0 Å². The van der Waals surface area contributed by atoms with E-state index >= 15 is 0 Å². The standard InChI is InChI=1S/C23H23Cl2NO2/c1-27-23-14-18(15-26-13-12-17-6-3-2-4-7-17)10-11-22(23)28-16-19-20(24)8-5-9-21(19)25/h2-11,14,26H,12-13,15-16H2,1H3. The van der Waals surface area contributed by atoms with Gasteiger partial charge in [-0.1, -0.05) is 65.7 Å². The normalized spacial score (nSPS) is 10.7. The first-order valence-electron chi connectivity index (χ1n) is 9.14. The van der Waals surface area contributed by atoms with Crippen molar-refractivity contribution in [3.8, 4) is 11.5 Å². The fraction of sp³-hybridized carbons (Fsp3) is 0.217. The first kappa shape index (κ1) is 20.5. The number of methoxy groups -OCH3 is 1. The van der Waals surface area contributed by atoms with Gasteiger partial charge in [-0.2, -0.15) is 0 Å². The lowest BCUT2D eigenvalue weighted by atomic mass is 10.1. The van der Waals surface area contributed by atoms with Crippen LogP contribution in [0, 0.1) is 0 Å². The van der Waals surface area contributed by atoms with Gasteiger partial charge in [-0.15, -0.1) is 0 Å². The second-order valence-corrected chi connectivity index (χ2v) is 7.20. The molecule has 0 saturated heterocycles. The molecule has 3 nitrogen and oxygen atoms in total. The molecule has 0 aromatic heterocycles. The monoisotopic (exact) mass is 415 g/mol. The smallest absolute Gasteiger partial charge is 0.161 e. The van der Waals surface area contributed by atoms with Gasteiger partial charge in [0.1, 0.15) is 6.61 Å². The zero-order valence-electron chi connectivity index (χ0n) is 15.8. The van der Waals surface area contributed by atoms with Crippen molar-refractivity contribution >= 4 is 23.2 Å². The highest BCUT2D eigenvalue weighted by Crippen LogP contribution is 2.31. The summed E-state index contributed by atoms with van der Waals surface area (Å²) in [5, 5.41) is 4.64. The lowest BCUT2D eigenvalue weighted by molar-refractivity contribution is 0.284. The van der Waals surface area contributed by atoms with Crippen LogP contribution in [-0.4, -0.2) is 13.7 Å². The number of hydrogen-bond acceptors (Lipinski definition) is 3. The average Bonchev–Trinajstić information content (AvgIpc) is 2.72. The number of nitrogens with one attached hydrogen (secondary N) is 1. The highest BCUT2D eigenvalue weighted by molar-refractivity contribution is 6.35. The Kier molecular flexibility index (Phi) is 7.61. The zero-order valence-corrected chi connectivity index (χ0v) is 17.3. The maximum atomic E-state index is 6.21. The summed E-state index contributed by atoms with van der Waals surface area (Å²) in [4.78, 5) is 0. The Labute approximate surface area is 176 Å². The van der Waals surface area contributed by atoms with Crippen LogP contribution in [0.1, 0.15) is 16.7 Å². The third kappa shape index (κ3) is 5.65. The van der Waals surface area contributed by atoms with Crippen molar-refractivity contribution in [3.05, 3.63) is 93.5 Å². The van der Waals surface area contributed by atoms with Crippen LogP contribution in [0.25, 0.3) is 0 Å². The SMILES string of the molecule is COc1cc(CNCCc2ccccc2)ccc1OCc1c(Cl)cccc1Cl. The topological polar surface area (TPSA) is 30.5 Å². The molecule has 0 saturated carbocycles. The van der Waals surface area contributed by atoms with Gasteiger partial charge in [-0.25, -0.2) is 0 Å². The minimum absolute atomic E-state index is 0.281. The van der Waals surface area contributed by atoms with Gasteiger partial charge in [0.05, 0.1) is 7.11 Å². The first-order chi connectivity index (χ1) is 13.7. The summed E-state index contributed by atoms with van der Waals surface area (Å²) in [5.74, 6) is 1.34. The fourth-order valence-corrected chi connectivity index (χ4v) is 3.38. The number of hydrogen-bond donors (Lipinski definition) is 1. The maximum absolute atomic E-state index is 6.21. The molecule has 0 heterocycles. The molecular formula is C23H23Cl2NO2. The molecule has 1 N–H and O–H groups in total. The molecule has 3 aromatic rings. The van der Waals surface area contributed by atoms with E-state index in [0.717, 1.165) is 30.6 Å². The second kappa shape index (κ2) is 10.4. The molecule has 146 valence electrons. The summed E-state index contributed by atoms with van der Waals surface area (Å²) in [6.45, 7) is 1.96. The predicted octanol–water partition coefficient (Wildman–Crippen LogP) is 5.91. The summed E-state index contributed by atoms with van der Waals surface area (Å²) in [6.07, 6.45) is 0.998. The molecule has 28 heavy (non-hydrogen) atoms. The Morgan fingerprint density at radius 1 is 0.821 bits per heavy atom. The average molecular weight is 416 g/mol.